The maximum atomic E-state index is 5.20. The number of amidine groups is 2. The molecule has 1 heterocycles. The predicted octanol–water partition coefficient (Wildman–Crippen LogP) is 13.9. The molecule has 8 aromatic carbocycles. The van der Waals surface area contributed by atoms with E-state index in [1.807, 2.05) is 85.1 Å². The third-order valence-corrected chi connectivity index (χ3v) is 10.8. The molecule has 280 valence electrons. The van der Waals surface area contributed by atoms with Gasteiger partial charge in [-0.15, -0.1) is 0 Å². The van der Waals surface area contributed by atoms with E-state index in [1.54, 1.807) is 0 Å². The molecule has 0 amide bonds. The van der Waals surface area contributed by atoms with Crippen molar-refractivity contribution in [1.29, 1.82) is 0 Å². The lowest BCUT2D eigenvalue weighted by atomic mass is 9.86. The highest BCUT2D eigenvalue weighted by molar-refractivity contribution is 6.20. The van der Waals surface area contributed by atoms with Crippen LogP contribution >= 0.6 is 0 Å². The van der Waals surface area contributed by atoms with Crippen LogP contribution in [0.5, 0.6) is 0 Å². The molecule has 0 fully saturated rings. The fourth-order valence-electron chi connectivity index (χ4n) is 7.96. The van der Waals surface area contributed by atoms with Crippen molar-refractivity contribution in [2.24, 2.45) is 15.0 Å². The maximum absolute atomic E-state index is 5.20. The summed E-state index contributed by atoms with van der Waals surface area (Å²) in [5, 5.41) is 5.66. The molecule has 0 aliphatic rings. The van der Waals surface area contributed by atoms with E-state index in [2.05, 4.69) is 134 Å². The number of aliphatic imine (C=N–C) groups is 3. The van der Waals surface area contributed by atoms with Gasteiger partial charge >= 0.3 is 0 Å². The summed E-state index contributed by atoms with van der Waals surface area (Å²) in [6.45, 7) is 12.8. The zero-order valence-corrected chi connectivity index (χ0v) is 32.6. The number of rotatable bonds is 9. The number of fused-ring (bicyclic) bond motifs is 4. The molecule has 4 heteroatoms. The number of hydrogen-bond acceptors (Lipinski definition) is 2. The van der Waals surface area contributed by atoms with Crippen molar-refractivity contribution in [2.75, 3.05) is 0 Å². The molecule has 4 nitrogen and oxygen atoms in total. The summed E-state index contributed by atoms with van der Waals surface area (Å²) < 4.78 is 0. The van der Waals surface area contributed by atoms with E-state index in [9.17, 15) is 0 Å². The fraction of sp³-hybridized carbons (Fsp3) is 0.0182. The van der Waals surface area contributed by atoms with Gasteiger partial charge in [0.25, 0.3) is 0 Å². The first-order valence-electron chi connectivity index (χ1n) is 19.6. The second kappa shape index (κ2) is 16.3. The van der Waals surface area contributed by atoms with Gasteiger partial charge in [0.15, 0.2) is 11.7 Å². The number of aromatic nitrogens is 1. The van der Waals surface area contributed by atoms with Crippen molar-refractivity contribution in [3.63, 3.8) is 0 Å². The highest BCUT2D eigenvalue weighted by Crippen LogP contribution is 2.41. The first-order chi connectivity index (χ1) is 29.1. The van der Waals surface area contributed by atoms with Gasteiger partial charge in [-0.3, -0.25) is 9.98 Å². The van der Waals surface area contributed by atoms with Gasteiger partial charge in [0, 0.05) is 28.3 Å². The Kier molecular flexibility index (Phi) is 10.2. The first-order valence-corrected chi connectivity index (χ1v) is 19.6. The Balaban J connectivity index is 1.28. The number of para-hydroxylation sites is 1. The normalized spacial score (nSPS) is 11.9. The summed E-state index contributed by atoms with van der Waals surface area (Å²) in [5.74, 6) is 1.06. The molecule has 9 rings (SSSR count). The third kappa shape index (κ3) is 7.32. The fourth-order valence-corrected chi connectivity index (χ4v) is 7.96. The largest absolute Gasteiger partial charge is 0.261 e. The Bertz CT molecular complexity index is 3100. The van der Waals surface area contributed by atoms with E-state index in [1.165, 1.54) is 0 Å². The van der Waals surface area contributed by atoms with Crippen molar-refractivity contribution >= 4 is 63.0 Å². The molecule has 0 N–H and O–H groups in total. The van der Waals surface area contributed by atoms with Crippen LogP contribution in [0.4, 0.5) is 0 Å². The molecular formula is C55H40N4. The van der Waals surface area contributed by atoms with E-state index < -0.39 is 0 Å². The van der Waals surface area contributed by atoms with Crippen molar-refractivity contribution in [3.8, 4) is 33.4 Å². The summed E-state index contributed by atoms with van der Waals surface area (Å²) in [5.41, 5.74) is 12.3. The van der Waals surface area contributed by atoms with Gasteiger partial charge in [0.05, 0.1) is 12.1 Å². The summed E-state index contributed by atoms with van der Waals surface area (Å²) >= 11 is 0. The highest BCUT2D eigenvalue weighted by Gasteiger charge is 2.18. The number of pyridine rings is 1. The molecular weight excluding hydrogens is 717 g/mol. The monoisotopic (exact) mass is 756 g/mol. The number of nitrogens with zero attached hydrogens (tertiary/aromatic N) is 4. The molecule has 0 aliphatic carbocycles. The zero-order chi connectivity index (χ0) is 40.1. The predicted molar refractivity (Wildman–Crippen MR) is 252 cm³/mol. The first kappa shape index (κ1) is 36.8. The van der Waals surface area contributed by atoms with Gasteiger partial charge in [-0.2, -0.15) is 0 Å². The molecule has 0 atom stereocenters. The second-order valence-corrected chi connectivity index (χ2v) is 14.4. The Labute approximate surface area is 344 Å². The average molecular weight is 757 g/mol. The standard InChI is InChI=1S/C55H40N4/c1-4-46-47(5-2)50-25-16-24-48(53(50)51-23-14-13-22-49(46)51)43-32-42(38-27-29-39(30-28-38)45-31-41-21-12-15-26-52(41)57-36-45)33-44(34-43)55(58-35-37-17-8-6-9-18-37)59-54(56-3)40-19-10-7-11-20-40/h4-34,36H,1-3,35H2. The Morgan fingerprint density at radius 2 is 1.14 bits per heavy atom. The van der Waals surface area contributed by atoms with Crippen LogP contribution in [-0.4, -0.2) is 23.4 Å². The molecule has 1 aromatic heterocycles. The Morgan fingerprint density at radius 1 is 0.508 bits per heavy atom. The quantitative estimate of drug-likeness (QED) is 0.0822. The minimum atomic E-state index is 0.443. The van der Waals surface area contributed by atoms with E-state index in [0.29, 0.717) is 18.2 Å². The summed E-state index contributed by atoms with van der Waals surface area (Å²) in [6, 6.07) is 61.0. The van der Waals surface area contributed by atoms with Crippen molar-refractivity contribution < 1.29 is 0 Å². The van der Waals surface area contributed by atoms with Gasteiger partial charge in [-0.1, -0.05) is 171 Å². The van der Waals surface area contributed by atoms with E-state index in [-0.39, 0.29) is 0 Å². The molecule has 0 unspecified atom stereocenters. The molecule has 0 aliphatic heterocycles. The van der Waals surface area contributed by atoms with E-state index in [4.69, 9.17) is 15.0 Å². The summed E-state index contributed by atoms with van der Waals surface area (Å²) in [4.78, 5) is 19.5. The summed E-state index contributed by atoms with van der Waals surface area (Å²) in [6.07, 6.45) is 5.83. The summed E-state index contributed by atoms with van der Waals surface area (Å²) in [7, 11) is 0. The second-order valence-electron chi connectivity index (χ2n) is 14.4. The number of hydrogen-bond donors (Lipinski definition) is 0. The lowest BCUT2D eigenvalue weighted by Gasteiger charge is -2.18. The van der Waals surface area contributed by atoms with Crippen LogP contribution in [0.1, 0.15) is 27.8 Å². The van der Waals surface area contributed by atoms with Gasteiger partial charge in [-0.05, 0) is 103 Å². The van der Waals surface area contributed by atoms with Crippen LogP contribution in [0.3, 0.4) is 0 Å². The molecule has 0 saturated heterocycles. The van der Waals surface area contributed by atoms with Crippen molar-refractivity contribution in [1.82, 2.24) is 4.98 Å². The van der Waals surface area contributed by atoms with Gasteiger partial charge in [-0.25, -0.2) is 9.98 Å². The van der Waals surface area contributed by atoms with Crippen LogP contribution in [0.2, 0.25) is 0 Å². The molecule has 0 radical (unpaired) electrons. The molecule has 59 heavy (non-hydrogen) atoms. The maximum Gasteiger partial charge on any atom is 0.161 e. The zero-order valence-electron chi connectivity index (χ0n) is 32.6. The third-order valence-electron chi connectivity index (χ3n) is 10.8. The lowest BCUT2D eigenvalue weighted by molar-refractivity contribution is 1.06. The Morgan fingerprint density at radius 3 is 1.88 bits per heavy atom. The molecule has 0 spiro atoms. The van der Waals surface area contributed by atoms with Gasteiger partial charge < -0.3 is 0 Å². The van der Waals surface area contributed by atoms with Crippen LogP contribution < -0.4 is 0 Å². The van der Waals surface area contributed by atoms with Crippen LogP contribution in [0.25, 0.3) is 78.0 Å². The number of benzene rings is 8. The van der Waals surface area contributed by atoms with Crippen molar-refractivity contribution in [2.45, 2.75) is 6.54 Å². The van der Waals surface area contributed by atoms with E-state index >= 15 is 0 Å². The van der Waals surface area contributed by atoms with Crippen molar-refractivity contribution in [3.05, 3.63) is 223 Å². The van der Waals surface area contributed by atoms with Crippen LogP contribution in [0.15, 0.2) is 210 Å². The smallest absolute Gasteiger partial charge is 0.161 e. The minimum absolute atomic E-state index is 0.443. The average Bonchev–Trinajstić information content (AvgIpc) is 3.31. The van der Waals surface area contributed by atoms with Gasteiger partial charge in [0.1, 0.15) is 0 Å². The van der Waals surface area contributed by atoms with Gasteiger partial charge in [0.2, 0.25) is 0 Å². The topological polar surface area (TPSA) is 50.0 Å². The van der Waals surface area contributed by atoms with E-state index in [0.717, 1.165) is 93.6 Å². The minimum Gasteiger partial charge on any atom is -0.261 e. The lowest BCUT2D eigenvalue weighted by Crippen LogP contribution is -2.06. The molecule has 9 aromatic rings. The van der Waals surface area contributed by atoms with Crippen LogP contribution in [0, 0.1) is 0 Å². The molecule has 0 bridgehead atoms. The Hall–Kier alpha value is -7.82. The highest BCUT2D eigenvalue weighted by atomic mass is 15.0. The molecule has 0 saturated carbocycles. The SMILES string of the molecule is C=Cc1c(C=C)c2cccc(-c3cc(C(=NCc4ccccc4)N=C(N=C)c4ccccc4)cc(-c4ccc(-c5cnc6ccccc6c5)cc4)c3)c2c2ccccc12. The van der Waals surface area contributed by atoms with Crippen LogP contribution in [-0.2, 0) is 6.54 Å².